The molecule has 3 N–H and O–H groups in total. The highest BCUT2D eigenvalue weighted by molar-refractivity contribution is 6.30. The summed E-state index contributed by atoms with van der Waals surface area (Å²) in [5.74, 6) is -0.461. The lowest BCUT2D eigenvalue weighted by Crippen LogP contribution is -2.37. The summed E-state index contributed by atoms with van der Waals surface area (Å²) in [6, 6.07) is 4.05. The minimum Gasteiger partial charge on any atom is -0.388 e. The molecule has 2 atom stereocenters. The Morgan fingerprint density at radius 3 is 2.82 bits per heavy atom. The molecule has 1 fully saturated rings. The van der Waals surface area contributed by atoms with Crippen molar-refractivity contribution in [2.75, 3.05) is 19.8 Å². The minimum atomic E-state index is -0.858. The average molecular weight is 260 g/mol. The third kappa shape index (κ3) is 2.45. The summed E-state index contributed by atoms with van der Waals surface area (Å²) in [7, 11) is 0. The summed E-state index contributed by atoms with van der Waals surface area (Å²) in [4.78, 5) is 0. The lowest BCUT2D eigenvalue weighted by atomic mass is 9.78. The standard InChI is InChI=1S/C12H15ClFNO2/c13-9-3-8(4-10(14)5-9)11(16)12(6-15)1-2-17-7-12/h3-5,11,16H,1-2,6-7,15H2. The summed E-state index contributed by atoms with van der Waals surface area (Å²) in [6.07, 6.45) is -0.193. The van der Waals surface area contributed by atoms with E-state index in [-0.39, 0.29) is 5.02 Å². The maximum absolute atomic E-state index is 13.2. The van der Waals surface area contributed by atoms with Crippen LogP contribution in [0.2, 0.25) is 5.02 Å². The second-order valence-corrected chi connectivity index (χ2v) is 4.91. The molecule has 1 aromatic rings. The summed E-state index contributed by atoms with van der Waals surface area (Å²) in [5, 5.41) is 10.6. The smallest absolute Gasteiger partial charge is 0.125 e. The molecule has 0 radical (unpaired) electrons. The van der Waals surface area contributed by atoms with Gasteiger partial charge in [-0.1, -0.05) is 11.6 Å². The number of hydrogen-bond acceptors (Lipinski definition) is 3. The van der Waals surface area contributed by atoms with Crippen LogP contribution in [-0.2, 0) is 4.74 Å². The number of aliphatic hydroxyl groups excluding tert-OH is 1. The highest BCUT2D eigenvalue weighted by atomic mass is 35.5. The van der Waals surface area contributed by atoms with Gasteiger partial charge in [-0.05, 0) is 30.2 Å². The third-order valence-electron chi connectivity index (χ3n) is 3.32. The van der Waals surface area contributed by atoms with Crippen molar-refractivity contribution in [3.63, 3.8) is 0 Å². The van der Waals surface area contributed by atoms with Crippen molar-refractivity contribution in [1.82, 2.24) is 0 Å². The topological polar surface area (TPSA) is 55.5 Å². The first-order valence-electron chi connectivity index (χ1n) is 5.49. The van der Waals surface area contributed by atoms with E-state index in [0.29, 0.717) is 31.7 Å². The second-order valence-electron chi connectivity index (χ2n) is 4.47. The van der Waals surface area contributed by atoms with Crippen LogP contribution in [0, 0.1) is 11.2 Å². The number of nitrogens with two attached hydrogens (primary N) is 1. The summed E-state index contributed by atoms with van der Waals surface area (Å²) >= 11 is 5.78. The molecule has 94 valence electrons. The molecule has 0 aliphatic carbocycles. The minimum absolute atomic E-state index is 0.269. The SMILES string of the molecule is NCC1(C(O)c2cc(F)cc(Cl)c2)CCOC1. The van der Waals surface area contributed by atoms with Gasteiger partial charge in [-0.25, -0.2) is 4.39 Å². The molecule has 2 rings (SSSR count). The summed E-state index contributed by atoms with van der Waals surface area (Å²) in [6.45, 7) is 1.25. The number of benzene rings is 1. The van der Waals surface area contributed by atoms with Crippen LogP contribution < -0.4 is 5.73 Å². The molecule has 1 aliphatic rings. The highest BCUT2D eigenvalue weighted by Crippen LogP contribution is 2.40. The van der Waals surface area contributed by atoms with Crippen molar-refractivity contribution in [3.8, 4) is 0 Å². The van der Waals surface area contributed by atoms with Gasteiger partial charge in [0.2, 0.25) is 0 Å². The summed E-state index contributed by atoms with van der Waals surface area (Å²) < 4.78 is 18.5. The van der Waals surface area contributed by atoms with E-state index >= 15 is 0 Å². The Balaban J connectivity index is 2.32. The normalized spacial score (nSPS) is 26.1. The fourth-order valence-corrected chi connectivity index (χ4v) is 2.43. The van der Waals surface area contributed by atoms with Crippen molar-refractivity contribution in [3.05, 3.63) is 34.6 Å². The molecule has 5 heteroatoms. The largest absolute Gasteiger partial charge is 0.388 e. The number of halogens is 2. The lowest BCUT2D eigenvalue weighted by Gasteiger charge is -2.31. The Morgan fingerprint density at radius 1 is 1.53 bits per heavy atom. The van der Waals surface area contributed by atoms with Gasteiger partial charge >= 0.3 is 0 Å². The maximum atomic E-state index is 13.2. The van der Waals surface area contributed by atoms with Gasteiger partial charge in [0.05, 0.1) is 12.7 Å². The predicted molar refractivity (Wildman–Crippen MR) is 63.3 cm³/mol. The van der Waals surface area contributed by atoms with Gasteiger partial charge in [0.15, 0.2) is 0 Å². The molecule has 0 saturated carbocycles. The third-order valence-corrected chi connectivity index (χ3v) is 3.54. The molecule has 1 aliphatic heterocycles. The van der Waals surface area contributed by atoms with E-state index < -0.39 is 17.3 Å². The molecule has 1 aromatic carbocycles. The Labute approximate surface area is 104 Å². The first kappa shape index (κ1) is 12.8. The van der Waals surface area contributed by atoms with Crippen LogP contribution in [0.25, 0.3) is 0 Å². The zero-order chi connectivity index (χ0) is 12.5. The van der Waals surface area contributed by atoms with Crippen molar-refractivity contribution in [2.45, 2.75) is 12.5 Å². The molecule has 1 heterocycles. The van der Waals surface area contributed by atoms with Crippen LogP contribution in [0.3, 0.4) is 0 Å². The van der Waals surface area contributed by atoms with Crippen molar-refractivity contribution in [2.24, 2.45) is 11.1 Å². The molecule has 0 amide bonds. The first-order valence-corrected chi connectivity index (χ1v) is 5.87. The van der Waals surface area contributed by atoms with E-state index in [1.165, 1.54) is 12.1 Å². The number of ether oxygens (including phenoxy) is 1. The molecule has 3 nitrogen and oxygen atoms in total. The van der Waals surface area contributed by atoms with Gasteiger partial charge in [0, 0.05) is 23.6 Å². The van der Waals surface area contributed by atoms with Crippen LogP contribution in [-0.4, -0.2) is 24.9 Å². The molecule has 1 saturated heterocycles. The number of aliphatic hydroxyl groups is 1. The van der Waals surface area contributed by atoms with Crippen LogP contribution in [0.5, 0.6) is 0 Å². The van der Waals surface area contributed by atoms with Crippen LogP contribution in [0.4, 0.5) is 4.39 Å². The Bertz CT molecular complexity index is 387. The molecule has 2 unspecified atom stereocenters. The highest BCUT2D eigenvalue weighted by Gasteiger charge is 2.41. The average Bonchev–Trinajstić information content (AvgIpc) is 2.76. The fraction of sp³-hybridized carbons (Fsp3) is 0.500. The number of hydrogen-bond donors (Lipinski definition) is 2. The van der Waals surface area contributed by atoms with Gasteiger partial charge in [-0.15, -0.1) is 0 Å². The Kier molecular flexibility index (Phi) is 3.68. The van der Waals surface area contributed by atoms with Crippen molar-refractivity contribution < 1.29 is 14.2 Å². The van der Waals surface area contributed by atoms with E-state index in [1.807, 2.05) is 0 Å². The van der Waals surface area contributed by atoms with Gasteiger partial charge in [-0.2, -0.15) is 0 Å². The second kappa shape index (κ2) is 4.90. The van der Waals surface area contributed by atoms with Crippen LogP contribution >= 0.6 is 11.6 Å². The first-order chi connectivity index (χ1) is 8.07. The molecule has 0 bridgehead atoms. The van der Waals surface area contributed by atoms with Gasteiger partial charge in [0.1, 0.15) is 5.82 Å². The zero-order valence-electron chi connectivity index (χ0n) is 9.33. The van der Waals surface area contributed by atoms with Crippen LogP contribution in [0.1, 0.15) is 18.1 Å². The van der Waals surface area contributed by atoms with Crippen molar-refractivity contribution in [1.29, 1.82) is 0 Å². The van der Waals surface area contributed by atoms with E-state index in [9.17, 15) is 9.50 Å². The van der Waals surface area contributed by atoms with E-state index in [2.05, 4.69) is 0 Å². The fourth-order valence-electron chi connectivity index (χ4n) is 2.20. The number of rotatable bonds is 3. The molecular formula is C12H15ClFNO2. The quantitative estimate of drug-likeness (QED) is 0.871. The van der Waals surface area contributed by atoms with E-state index in [0.717, 1.165) is 0 Å². The molecular weight excluding hydrogens is 245 g/mol. The monoisotopic (exact) mass is 259 g/mol. The van der Waals surface area contributed by atoms with Gasteiger partial charge in [-0.3, -0.25) is 0 Å². The van der Waals surface area contributed by atoms with Gasteiger partial charge < -0.3 is 15.6 Å². The summed E-state index contributed by atoms with van der Waals surface area (Å²) in [5.41, 5.74) is 5.64. The van der Waals surface area contributed by atoms with E-state index in [4.69, 9.17) is 22.1 Å². The van der Waals surface area contributed by atoms with Crippen LogP contribution in [0.15, 0.2) is 18.2 Å². The Hall–Kier alpha value is -0.680. The Morgan fingerprint density at radius 2 is 2.29 bits per heavy atom. The molecule has 0 aromatic heterocycles. The maximum Gasteiger partial charge on any atom is 0.125 e. The van der Waals surface area contributed by atoms with Gasteiger partial charge in [0.25, 0.3) is 0 Å². The molecule has 17 heavy (non-hydrogen) atoms. The predicted octanol–water partition coefficient (Wildman–Crippen LogP) is 1.88. The van der Waals surface area contributed by atoms with E-state index in [1.54, 1.807) is 6.07 Å². The lowest BCUT2D eigenvalue weighted by molar-refractivity contribution is 0.0189. The van der Waals surface area contributed by atoms with Crippen molar-refractivity contribution >= 4 is 11.6 Å². The molecule has 0 spiro atoms. The zero-order valence-corrected chi connectivity index (χ0v) is 10.1.